The Balaban J connectivity index is 2.23. The fourth-order valence-electron chi connectivity index (χ4n) is 1.42. The van der Waals surface area contributed by atoms with Crippen molar-refractivity contribution in [1.29, 1.82) is 10.5 Å². The summed E-state index contributed by atoms with van der Waals surface area (Å²) in [6.07, 6.45) is 1.33. The first-order valence-corrected chi connectivity index (χ1v) is 6.06. The first kappa shape index (κ1) is 13.6. The zero-order chi connectivity index (χ0) is 14.4. The van der Waals surface area contributed by atoms with Gasteiger partial charge in [0.25, 0.3) is 0 Å². The predicted octanol–water partition coefficient (Wildman–Crippen LogP) is 2.82. The van der Waals surface area contributed by atoms with Crippen molar-refractivity contribution in [3.8, 4) is 23.5 Å². The monoisotopic (exact) mass is 285 g/mol. The number of aromatic nitrogens is 2. The Labute approximate surface area is 119 Å². The number of rotatable bonds is 4. The van der Waals surface area contributed by atoms with E-state index in [4.69, 9.17) is 26.6 Å². The molecule has 0 aliphatic rings. The number of nitrogens with one attached hydrogen (secondary N) is 1. The molecule has 0 saturated carbocycles. The Bertz CT molecular complexity index is 707. The minimum Gasteiger partial charge on any atom is -0.360 e. The van der Waals surface area contributed by atoms with Crippen molar-refractivity contribution >= 4 is 17.3 Å². The topological polar surface area (TPSA) is 98.5 Å². The molecular weight excluding hydrogens is 278 g/mol. The van der Waals surface area contributed by atoms with E-state index in [1.807, 2.05) is 6.07 Å². The molecule has 1 heterocycles. The third-order valence-corrected chi connectivity index (χ3v) is 2.56. The third kappa shape index (κ3) is 3.14. The van der Waals surface area contributed by atoms with E-state index in [1.54, 1.807) is 30.3 Å². The van der Waals surface area contributed by atoms with Crippen molar-refractivity contribution < 1.29 is 4.52 Å². The van der Waals surface area contributed by atoms with Crippen molar-refractivity contribution in [3.63, 3.8) is 0 Å². The molecule has 0 spiro atoms. The molecule has 0 amide bonds. The smallest absolute Gasteiger partial charge is 0.241 e. The van der Waals surface area contributed by atoms with Crippen LogP contribution in [0.3, 0.4) is 0 Å². The van der Waals surface area contributed by atoms with Crippen LogP contribution >= 0.6 is 11.6 Å². The molecule has 0 aliphatic heterocycles. The van der Waals surface area contributed by atoms with E-state index in [0.29, 0.717) is 17.4 Å². The fraction of sp³-hybridized carbons (Fsp3) is 0.0769. The van der Waals surface area contributed by atoms with Gasteiger partial charge < -0.3 is 9.84 Å². The molecule has 1 N–H and O–H groups in total. The molecule has 1 aromatic carbocycles. The number of halogens is 1. The van der Waals surface area contributed by atoms with Gasteiger partial charge in [-0.2, -0.15) is 15.5 Å². The lowest BCUT2D eigenvalue weighted by Gasteiger charge is -2.01. The lowest BCUT2D eigenvalue weighted by atomic mass is 10.2. The largest absolute Gasteiger partial charge is 0.360 e. The quantitative estimate of drug-likeness (QED) is 0.685. The van der Waals surface area contributed by atoms with E-state index in [1.165, 1.54) is 6.20 Å². The highest BCUT2D eigenvalue weighted by Gasteiger charge is 2.07. The summed E-state index contributed by atoms with van der Waals surface area (Å²) in [5, 5.41) is 23.9. The van der Waals surface area contributed by atoms with Gasteiger partial charge in [-0.3, -0.25) is 0 Å². The van der Waals surface area contributed by atoms with Crippen LogP contribution in [0.25, 0.3) is 11.4 Å². The second kappa shape index (κ2) is 6.37. The molecule has 7 heteroatoms. The van der Waals surface area contributed by atoms with Gasteiger partial charge in [0, 0.05) is 17.5 Å². The molecule has 0 unspecified atom stereocenters. The zero-order valence-electron chi connectivity index (χ0n) is 10.2. The highest BCUT2D eigenvalue weighted by Crippen LogP contribution is 2.20. The summed E-state index contributed by atoms with van der Waals surface area (Å²) in [6.45, 7) is 0. The van der Waals surface area contributed by atoms with Crippen LogP contribution < -0.4 is 5.32 Å². The number of nitriles is 2. The average molecular weight is 286 g/mol. The molecular formula is C13H8ClN5O. The summed E-state index contributed by atoms with van der Waals surface area (Å²) in [6, 6.07) is 10.7. The molecule has 0 atom stereocenters. The Morgan fingerprint density at radius 2 is 2.20 bits per heavy atom. The van der Waals surface area contributed by atoms with E-state index in [9.17, 15) is 0 Å². The molecule has 0 aliphatic carbocycles. The van der Waals surface area contributed by atoms with Gasteiger partial charge in [-0.25, -0.2) is 0 Å². The van der Waals surface area contributed by atoms with Crippen LogP contribution in [0.4, 0.5) is 5.69 Å². The van der Waals surface area contributed by atoms with Gasteiger partial charge >= 0.3 is 0 Å². The Morgan fingerprint density at radius 1 is 1.40 bits per heavy atom. The van der Waals surface area contributed by atoms with E-state index in [2.05, 4.69) is 15.5 Å². The third-order valence-electron chi connectivity index (χ3n) is 2.33. The maximum absolute atomic E-state index is 8.64. The maximum Gasteiger partial charge on any atom is 0.241 e. The summed E-state index contributed by atoms with van der Waals surface area (Å²) < 4.78 is 4.93. The summed E-state index contributed by atoms with van der Waals surface area (Å²) in [4.78, 5) is 4.11. The summed E-state index contributed by atoms with van der Waals surface area (Å²) in [5.74, 6) is 0.923. The SMILES string of the molecule is N#CC(C#N)=CNc1cccc(-c2noc(CCl)n2)c1. The molecule has 98 valence electrons. The zero-order valence-corrected chi connectivity index (χ0v) is 10.9. The molecule has 0 saturated heterocycles. The molecule has 6 nitrogen and oxygen atoms in total. The van der Waals surface area contributed by atoms with Crippen molar-refractivity contribution in [2.45, 2.75) is 5.88 Å². The number of allylic oxidation sites excluding steroid dienone is 1. The van der Waals surface area contributed by atoms with Crippen LogP contribution in [0.2, 0.25) is 0 Å². The van der Waals surface area contributed by atoms with Gasteiger partial charge in [-0.05, 0) is 12.1 Å². The van der Waals surface area contributed by atoms with E-state index in [0.717, 1.165) is 5.56 Å². The lowest BCUT2D eigenvalue weighted by molar-refractivity contribution is 0.391. The van der Waals surface area contributed by atoms with Crippen molar-refractivity contribution in [1.82, 2.24) is 10.1 Å². The van der Waals surface area contributed by atoms with Crippen molar-refractivity contribution in [3.05, 3.63) is 41.9 Å². The van der Waals surface area contributed by atoms with Crippen LogP contribution in [0.5, 0.6) is 0 Å². The summed E-state index contributed by atoms with van der Waals surface area (Å²) in [5.41, 5.74) is 1.42. The number of benzene rings is 1. The molecule has 0 bridgehead atoms. The summed E-state index contributed by atoms with van der Waals surface area (Å²) >= 11 is 5.60. The molecule has 20 heavy (non-hydrogen) atoms. The Hall–Kier alpha value is -2.83. The van der Waals surface area contributed by atoms with Crippen molar-refractivity contribution in [2.24, 2.45) is 0 Å². The number of anilines is 1. The van der Waals surface area contributed by atoms with Gasteiger partial charge in [0.1, 0.15) is 23.6 Å². The van der Waals surface area contributed by atoms with Gasteiger partial charge in [0.15, 0.2) is 0 Å². The highest BCUT2D eigenvalue weighted by molar-refractivity contribution is 6.16. The molecule has 0 fully saturated rings. The van der Waals surface area contributed by atoms with E-state index >= 15 is 0 Å². The fourth-order valence-corrected chi connectivity index (χ4v) is 1.53. The minimum absolute atomic E-state index is 0.0145. The highest BCUT2D eigenvalue weighted by atomic mass is 35.5. The predicted molar refractivity (Wildman–Crippen MR) is 72.2 cm³/mol. The Morgan fingerprint density at radius 3 is 2.85 bits per heavy atom. The van der Waals surface area contributed by atoms with Crippen LogP contribution in [0.15, 0.2) is 40.6 Å². The van der Waals surface area contributed by atoms with Gasteiger partial charge in [0.2, 0.25) is 11.7 Å². The van der Waals surface area contributed by atoms with Crippen LogP contribution in [-0.2, 0) is 5.88 Å². The van der Waals surface area contributed by atoms with E-state index < -0.39 is 0 Å². The van der Waals surface area contributed by atoms with Gasteiger partial charge in [-0.1, -0.05) is 17.3 Å². The number of nitrogens with zero attached hydrogens (tertiary/aromatic N) is 4. The first-order valence-electron chi connectivity index (χ1n) is 5.52. The standard InChI is InChI=1S/C13H8ClN5O/c14-5-12-18-13(19-20-12)10-2-1-3-11(4-10)17-8-9(6-15)7-16/h1-4,8,17H,5H2. The number of hydrogen-bond acceptors (Lipinski definition) is 6. The average Bonchev–Trinajstić information content (AvgIpc) is 2.97. The van der Waals surface area contributed by atoms with Crippen LogP contribution in [-0.4, -0.2) is 10.1 Å². The second-order valence-corrected chi connectivity index (χ2v) is 3.92. The molecule has 0 radical (unpaired) electrons. The molecule has 1 aromatic heterocycles. The van der Waals surface area contributed by atoms with Crippen LogP contribution in [0, 0.1) is 22.7 Å². The normalized spacial score (nSPS) is 9.35. The lowest BCUT2D eigenvalue weighted by Crippen LogP contribution is -1.90. The maximum atomic E-state index is 8.64. The van der Waals surface area contributed by atoms with Crippen molar-refractivity contribution in [2.75, 3.05) is 5.32 Å². The first-order chi connectivity index (χ1) is 9.76. The van der Waals surface area contributed by atoms with E-state index in [-0.39, 0.29) is 11.5 Å². The second-order valence-electron chi connectivity index (χ2n) is 3.65. The number of alkyl halides is 1. The number of hydrogen-bond donors (Lipinski definition) is 1. The van der Waals surface area contributed by atoms with Gasteiger partial charge in [0.05, 0.1) is 0 Å². The Kier molecular flexibility index (Phi) is 4.33. The molecule has 2 aromatic rings. The summed E-state index contributed by atoms with van der Waals surface area (Å²) in [7, 11) is 0. The minimum atomic E-state index is -0.0145. The van der Waals surface area contributed by atoms with Gasteiger partial charge in [-0.15, -0.1) is 11.6 Å². The molecule has 2 rings (SSSR count). The van der Waals surface area contributed by atoms with Crippen LogP contribution in [0.1, 0.15) is 5.89 Å².